The summed E-state index contributed by atoms with van der Waals surface area (Å²) >= 11 is 7.70. The number of amides is 5. The van der Waals surface area contributed by atoms with Crippen LogP contribution in [0, 0.1) is 12.3 Å². The highest BCUT2D eigenvalue weighted by Gasteiger charge is 2.44. The second-order valence-electron chi connectivity index (χ2n) is 19.5. The molecule has 388 valence electrons. The number of nitrogens with zero attached hydrogens (tertiary/aromatic N) is 3. The van der Waals surface area contributed by atoms with E-state index < -0.39 is 35.4 Å². The molecule has 0 bridgehead atoms. The number of benzene rings is 4. The fourth-order valence-corrected chi connectivity index (χ4v) is 10.1. The fourth-order valence-electron chi connectivity index (χ4n) is 9.15. The molecule has 3 heterocycles. The van der Waals surface area contributed by atoms with Gasteiger partial charge in [-0.1, -0.05) is 74.8 Å². The molecule has 7 rings (SSSR count). The van der Waals surface area contributed by atoms with Crippen molar-refractivity contribution in [3.63, 3.8) is 0 Å². The van der Waals surface area contributed by atoms with Gasteiger partial charge in [0, 0.05) is 61.0 Å². The summed E-state index contributed by atoms with van der Waals surface area (Å²) in [5.41, 5.74) is 9.21. The van der Waals surface area contributed by atoms with Gasteiger partial charge in [0.1, 0.15) is 18.7 Å². The highest BCUT2D eigenvalue weighted by Crippen LogP contribution is 2.41. The van der Waals surface area contributed by atoms with E-state index >= 15 is 0 Å². The topological polar surface area (TPSA) is 201 Å². The lowest BCUT2D eigenvalue weighted by atomic mass is 9.85. The number of β-amino-alcohol motifs (C(OH)–C–C–N with tert-alkyl or cyclic N) is 1. The van der Waals surface area contributed by atoms with Gasteiger partial charge in [0.25, 0.3) is 5.91 Å². The zero-order chi connectivity index (χ0) is 52.2. The Morgan fingerprint density at radius 2 is 1.49 bits per heavy atom. The molecule has 0 spiro atoms. The summed E-state index contributed by atoms with van der Waals surface area (Å²) in [6.07, 6.45) is -0.0721. The second kappa shape index (κ2) is 25.1. The summed E-state index contributed by atoms with van der Waals surface area (Å²) in [5.74, 6) is -1.58. The summed E-state index contributed by atoms with van der Waals surface area (Å²) in [4.78, 5) is 74.7. The van der Waals surface area contributed by atoms with Crippen LogP contribution in [0.3, 0.4) is 0 Å². The molecule has 0 saturated carbocycles. The van der Waals surface area contributed by atoms with Gasteiger partial charge in [-0.2, -0.15) is 0 Å². The first-order valence-electron chi connectivity index (χ1n) is 24.6. The summed E-state index contributed by atoms with van der Waals surface area (Å²) in [6, 6.07) is 27.0. The van der Waals surface area contributed by atoms with Crippen molar-refractivity contribution >= 4 is 63.8 Å². The van der Waals surface area contributed by atoms with Crippen molar-refractivity contribution in [1.82, 2.24) is 25.8 Å². The molecule has 0 radical (unpaired) electrons. The zero-order valence-electron chi connectivity index (χ0n) is 42.2. The van der Waals surface area contributed by atoms with Gasteiger partial charge in [-0.15, -0.1) is 11.3 Å². The number of aryl methyl sites for hydroxylation is 1. The maximum Gasteiger partial charge on any atom is 0.251 e. The number of fused-ring (bicyclic) bond motifs is 1. The molecule has 5 atom stereocenters. The summed E-state index contributed by atoms with van der Waals surface area (Å²) < 4.78 is 16.8. The Morgan fingerprint density at radius 3 is 2.15 bits per heavy atom. The van der Waals surface area contributed by atoms with E-state index in [2.05, 4.69) is 39.2 Å². The number of ether oxygens (including phenoxy) is 3. The van der Waals surface area contributed by atoms with Gasteiger partial charge in [0.05, 0.1) is 61.3 Å². The Balaban J connectivity index is 0.779. The highest BCUT2D eigenvalue weighted by molar-refractivity contribution is 7.13. The molecule has 73 heavy (non-hydrogen) atoms. The van der Waals surface area contributed by atoms with Crippen LogP contribution in [0.1, 0.15) is 80.7 Å². The number of thiazole rings is 1. The van der Waals surface area contributed by atoms with Crippen LogP contribution in [-0.4, -0.2) is 121 Å². The maximum atomic E-state index is 14.0. The van der Waals surface area contributed by atoms with Crippen LogP contribution in [-0.2, 0) is 39.9 Å². The number of anilines is 2. The number of carbonyl (C=O) groups is 5. The number of aliphatic hydroxyl groups is 1. The van der Waals surface area contributed by atoms with Gasteiger partial charge in [-0.05, 0) is 102 Å². The van der Waals surface area contributed by atoms with Crippen LogP contribution in [0.25, 0.3) is 21.6 Å². The molecule has 5 amide bonds. The number of carbonyl (C=O) groups excluding carboxylic acids is 5. The summed E-state index contributed by atoms with van der Waals surface area (Å²) in [7, 11) is 0. The summed E-state index contributed by atoms with van der Waals surface area (Å²) in [5, 5.41) is 23.4. The number of likely N-dealkylation sites (tertiary alicyclic amines) is 1. The SMILES string of the molecule is CC(=O)N1c2ccc(-c3ccc(C(=O)NCCOCCOCCOCC(=O)NC(C(=O)N4C[C@H](O)C[C@H]4C(=O)NCc4ccc(-c5scnc5C)cc4)C(C)(C)C)cc3)cc2[C@H](Nc2ccc(Cl)cc2)C[C@@H]1C. The first-order valence-corrected chi connectivity index (χ1v) is 25.8. The predicted octanol–water partition coefficient (Wildman–Crippen LogP) is 7.33. The molecule has 0 aliphatic carbocycles. The van der Waals surface area contributed by atoms with E-state index in [1.165, 1.54) is 4.90 Å². The third kappa shape index (κ3) is 14.5. The minimum atomic E-state index is -0.984. The molecular formula is C55H66ClN7O9S. The molecule has 5 N–H and O–H groups in total. The van der Waals surface area contributed by atoms with Gasteiger partial charge in [0.2, 0.25) is 23.6 Å². The lowest BCUT2D eigenvalue weighted by molar-refractivity contribution is -0.144. The molecule has 1 fully saturated rings. The van der Waals surface area contributed by atoms with E-state index in [9.17, 15) is 29.1 Å². The number of rotatable bonds is 21. The van der Waals surface area contributed by atoms with Crippen molar-refractivity contribution in [1.29, 1.82) is 0 Å². The largest absolute Gasteiger partial charge is 0.391 e. The third-order valence-corrected chi connectivity index (χ3v) is 14.1. The van der Waals surface area contributed by atoms with Crippen molar-refractivity contribution < 1.29 is 43.3 Å². The first kappa shape index (κ1) is 54.6. The van der Waals surface area contributed by atoms with Crippen LogP contribution in [0.5, 0.6) is 0 Å². The maximum absolute atomic E-state index is 14.0. The van der Waals surface area contributed by atoms with Crippen molar-refractivity contribution in [2.75, 3.05) is 62.9 Å². The Bertz CT molecular complexity index is 2700. The van der Waals surface area contributed by atoms with E-state index in [0.717, 1.165) is 56.2 Å². The molecule has 1 aromatic heterocycles. The number of aromatic nitrogens is 1. The standard InChI is InChI=1S/C55H66ClN7O9S/c1-34-27-46(60-43-18-16-42(56)17-19-43)45-28-41(15-20-47(45)63(34)36(3)64)38-11-13-40(14-12-38)52(67)57-21-22-70-23-24-71-25-26-72-32-49(66)61-51(55(4,5)6)54(69)62-31-44(65)29-48(62)53(68)58-30-37-7-9-39(10-8-37)50-35(2)59-33-73-50/h7-20,28,33-34,44,46,48,51,60,65H,21-27,29-32H2,1-6H3,(H,57,67)(H,58,68)(H,61,66)/t34-,44+,46+,48-,51?/m0/s1. The average molecular weight is 1040 g/mol. The normalized spacial score (nSPS) is 17.9. The van der Waals surface area contributed by atoms with Gasteiger partial charge in [-0.3, -0.25) is 24.0 Å². The number of nitrogens with one attached hydrogen (secondary N) is 4. The smallest absolute Gasteiger partial charge is 0.251 e. The number of hydrogen-bond donors (Lipinski definition) is 5. The predicted molar refractivity (Wildman–Crippen MR) is 283 cm³/mol. The molecular weight excluding hydrogens is 970 g/mol. The summed E-state index contributed by atoms with van der Waals surface area (Å²) in [6.45, 7) is 12.4. The number of halogens is 1. The minimum absolute atomic E-state index is 0.00621. The van der Waals surface area contributed by atoms with Crippen LogP contribution in [0.4, 0.5) is 11.4 Å². The van der Waals surface area contributed by atoms with Crippen LogP contribution in [0.15, 0.2) is 96.5 Å². The average Bonchev–Trinajstić information content (AvgIpc) is 3.99. The Hall–Kier alpha value is -6.21. The van der Waals surface area contributed by atoms with Crippen LogP contribution < -0.4 is 26.2 Å². The number of hydrogen-bond acceptors (Lipinski definition) is 12. The van der Waals surface area contributed by atoms with E-state index in [0.29, 0.717) is 17.1 Å². The molecule has 2 aliphatic heterocycles. The van der Waals surface area contributed by atoms with Crippen LogP contribution in [0.2, 0.25) is 5.02 Å². The molecule has 5 aromatic rings. The van der Waals surface area contributed by atoms with Gasteiger partial charge < -0.3 is 50.4 Å². The Morgan fingerprint density at radius 1 is 0.836 bits per heavy atom. The van der Waals surface area contributed by atoms with Crippen molar-refractivity contribution in [2.24, 2.45) is 5.41 Å². The van der Waals surface area contributed by atoms with Gasteiger partial charge in [0.15, 0.2) is 0 Å². The molecule has 4 aromatic carbocycles. The van der Waals surface area contributed by atoms with Gasteiger partial charge in [-0.25, -0.2) is 4.98 Å². The van der Waals surface area contributed by atoms with E-state index in [-0.39, 0.29) is 89.0 Å². The second-order valence-corrected chi connectivity index (χ2v) is 20.8. The molecule has 16 nitrogen and oxygen atoms in total. The zero-order valence-corrected chi connectivity index (χ0v) is 43.8. The van der Waals surface area contributed by atoms with Crippen molar-refractivity contribution in [3.8, 4) is 21.6 Å². The minimum Gasteiger partial charge on any atom is -0.391 e. The quantitative estimate of drug-likeness (QED) is 0.0461. The Labute approximate surface area is 436 Å². The van der Waals surface area contributed by atoms with E-state index in [4.69, 9.17) is 25.8 Å². The van der Waals surface area contributed by atoms with Crippen molar-refractivity contribution in [3.05, 3.63) is 124 Å². The lowest BCUT2D eigenvalue weighted by Gasteiger charge is -2.39. The molecule has 2 aliphatic rings. The molecule has 18 heteroatoms. The third-order valence-electron chi connectivity index (χ3n) is 12.9. The fraction of sp³-hybridized carbons (Fsp3) is 0.418. The first-order chi connectivity index (χ1) is 35.0. The van der Waals surface area contributed by atoms with Crippen molar-refractivity contribution in [2.45, 2.75) is 91.2 Å². The molecule has 1 unspecified atom stereocenters. The highest BCUT2D eigenvalue weighted by atomic mass is 35.5. The van der Waals surface area contributed by atoms with Gasteiger partial charge >= 0.3 is 0 Å². The lowest BCUT2D eigenvalue weighted by Crippen LogP contribution is -2.58. The van der Waals surface area contributed by atoms with E-state index in [1.54, 1.807) is 30.4 Å². The van der Waals surface area contributed by atoms with Crippen LogP contribution >= 0.6 is 22.9 Å². The number of aliphatic hydroxyl groups excluding tert-OH is 1. The van der Waals surface area contributed by atoms with E-state index in [1.807, 2.05) is 111 Å². The molecule has 1 saturated heterocycles. The monoisotopic (exact) mass is 1040 g/mol. The Kier molecular flexibility index (Phi) is 18.8.